The van der Waals surface area contributed by atoms with Crippen LogP contribution in [0.2, 0.25) is 0 Å². The van der Waals surface area contributed by atoms with Crippen LogP contribution in [0.4, 0.5) is 0 Å². The van der Waals surface area contributed by atoms with E-state index in [1.807, 2.05) is 26.0 Å². The summed E-state index contributed by atoms with van der Waals surface area (Å²) in [5.74, 6) is -0.183. The van der Waals surface area contributed by atoms with Crippen molar-refractivity contribution in [1.82, 2.24) is 35.6 Å². The Bertz CT molecular complexity index is 1260. The molecule has 0 saturated carbocycles. The van der Waals surface area contributed by atoms with Gasteiger partial charge in [0.05, 0.1) is 28.7 Å². The zero-order valence-electron chi connectivity index (χ0n) is 20.0. The normalized spacial score (nSPS) is 14.8. The van der Waals surface area contributed by atoms with Gasteiger partial charge in [0.25, 0.3) is 5.91 Å². The quantitative estimate of drug-likeness (QED) is 0.243. The first-order chi connectivity index (χ1) is 16.1. The molecule has 34 heavy (non-hydrogen) atoms. The average molecular weight is 482 g/mol. The van der Waals surface area contributed by atoms with Gasteiger partial charge in [-0.3, -0.25) is 10.1 Å². The standard InChI is InChI=1S/C24H31N7O2S/c1-13(8-15-9-25-12-28-15)29-23(33)19-7-6-18(34-19)17-11-27-21-20(31-17)16(10-26-21)22(32)30-14(2)24(3,4)5/h6-7,9-14,23,29,33H,8H2,1-5H3,(H,25,28)(H,26,27)(H,30,32). The lowest BCUT2D eigenvalue weighted by Crippen LogP contribution is -2.41. The van der Waals surface area contributed by atoms with E-state index in [0.717, 1.165) is 21.9 Å². The molecule has 0 aromatic carbocycles. The van der Waals surface area contributed by atoms with Gasteiger partial charge in [0.1, 0.15) is 11.7 Å². The Hall–Kier alpha value is -3.08. The molecule has 4 aromatic rings. The van der Waals surface area contributed by atoms with Gasteiger partial charge in [-0.25, -0.2) is 15.0 Å². The van der Waals surface area contributed by atoms with Gasteiger partial charge in [-0.05, 0) is 31.4 Å². The van der Waals surface area contributed by atoms with Crippen molar-refractivity contribution in [2.75, 3.05) is 0 Å². The summed E-state index contributed by atoms with van der Waals surface area (Å²) in [6.45, 7) is 10.3. The number of nitrogens with zero attached hydrogens (tertiary/aromatic N) is 3. The molecule has 3 atom stereocenters. The van der Waals surface area contributed by atoms with Gasteiger partial charge < -0.3 is 20.4 Å². The molecule has 0 spiro atoms. The molecule has 4 heterocycles. The van der Waals surface area contributed by atoms with Gasteiger partial charge in [0, 0.05) is 41.5 Å². The van der Waals surface area contributed by atoms with Crippen molar-refractivity contribution in [2.24, 2.45) is 5.41 Å². The summed E-state index contributed by atoms with van der Waals surface area (Å²) >= 11 is 1.44. The number of imidazole rings is 1. The van der Waals surface area contributed by atoms with Gasteiger partial charge in [-0.2, -0.15) is 0 Å². The van der Waals surface area contributed by atoms with E-state index in [1.54, 1.807) is 24.9 Å². The number of amides is 1. The highest BCUT2D eigenvalue weighted by Gasteiger charge is 2.24. The summed E-state index contributed by atoms with van der Waals surface area (Å²) in [5.41, 5.74) is 3.15. The maximum absolute atomic E-state index is 12.9. The highest BCUT2D eigenvalue weighted by Crippen LogP contribution is 2.31. The molecule has 0 radical (unpaired) electrons. The second-order valence-electron chi connectivity index (χ2n) is 9.67. The lowest BCUT2D eigenvalue weighted by atomic mass is 9.88. The topological polar surface area (TPSA) is 132 Å². The van der Waals surface area contributed by atoms with Crippen LogP contribution >= 0.6 is 11.3 Å². The van der Waals surface area contributed by atoms with Crippen LogP contribution < -0.4 is 10.6 Å². The SMILES string of the molecule is CC(Cc1cnc[nH]1)NC(O)c1ccc(-c2cnc3[nH]cc(C(=O)NC(C)C(C)(C)C)c3n2)s1. The van der Waals surface area contributed by atoms with E-state index in [2.05, 4.69) is 51.3 Å². The van der Waals surface area contributed by atoms with Crippen molar-refractivity contribution >= 4 is 28.4 Å². The molecular formula is C24H31N7O2S. The second-order valence-corrected chi connectivity index (χ2v) is 10.8. The number of aliphatic hydroxyl groups is 1. The van der Waals surface area contributed by atoms with Crippen LogP contribution in [0.25, 0.3) is 21.7 Å². The number of aromatic nitrogens is 5. The first-order valence-corrected chi connectivity index (χ1v) is 12.1. The minimum atomic E-state index is -0.805. The summed E-state index contributed by atoms with van der Waals surface area (Å²) in [4.78, 5) is 33.8. The first-order valence-electron chi connectivity index (χ1n) is 11.3. The van der Waals surface area contributed by atoms with Gasteiger partial charge in [-0.15, -0.1) is 11.3 Å². The predicted octanol–water partition coefficient (Wildman–Crippen LogP) is 3.79. The van der Waals surface area contributed by atoms with E-state index in [9.17, 15) is 9.90 Å². The van der Waals surface area contributed by atoms with Gasteiger partial charge in [-0.1, -0.05) is 20.8 Å². The van der Waals surface area contributed by atoms with Gasteiger partial charge >= 0.3 is 0 Å². The van der Waals surface area contributed by atoms with Crippen molar-refractivity contribution < 1.29 is 9.90 Å². The first kappa shape index (κ1) is 24.1. The molecule has 9 nitrogen and oxygen atoms in total. The Kier molecular flexibility index (Phi) is 6.83. The third-order valence-corrected chi connectivity index (χ3v) is 7.10. The lowest BCUT2D eigenvalue weighted by Gasteiger charge is -2.27. The van der Waals surface area contributed by atoms with Crippen molar-refractivity contribution in [3.8, 4) is 10.6 Å². The average Bonchev–Trinajstić information content (AvgIpc) is 3.52. The van der Waals surface area contributed by atoms with Crippen LogP contribution in [0.3, 0.4) is 0 Å². The highest BCUT2D eigenvalue weighted by atomic mass is 32.1. The number of rotatable bonds is 8. The predicted molar refractivity (Wildman–Crippen MR) is 133 cm³/mol. The van der Waals surface area contributed by atoms with E-state index >= 15 is 0 Å². The number of aliphatic hydroxyl groups excluding tert-OH is 1. The number of carbonyl (C=O) groups excluding carboxylic acids is 1. The fourth-order valence-electron chi connectivity index (χ4n) is 3.45. The molecule has 0 saturated heterocycles. The molecule has 0 fully saturated rings. The second kappa shape index (κ2) is 9.65. The molecule has 3 unspecified atom stereocenters. The van der Waals surface area contributed by atoms with Crippen molar-refractivity contribution in [3.63, 3.8) is 0 Å². The molecule has 0 aliphatic rings. The van der Waals surface area contributed by atoms with Crippen molar-refractivity contribution in [3.05, 3.63) is 53.2 Å². The molecule has 5 N–H and O–H groups in total. The molecule has 0 aliphatic heterocycles. The minimum Gasteiger partial charge on any atom is -0.373 e. The Labute approximate surface area is 202 Å². The third kappa shape index (κ3) is 5.35. The van der Waals surface area contributed by atoms with Crippen LogP contribution in [0.5, 0.6) is 0 Å². The smallest absolute Gasteiger partial charge is 0.255 e. The van der Waals surface area contributed by atoms with Crippen LogP contribution in [-0.4, -0.2) is 48.0 Å². The van der Waals surface area contributed by atoms with E-state index in [0.29, 0.717) is 22.4 Å². The number of aromatic amines is 2. The summed E-state index contributed by atoms with van der Waals surface area (Å²) < 4.78 is 0. The Morgan fingerprint density at radius 1 is 1.21 bits per heavy atom. The van der Waals surface area contributed by atoms with Gasteiger partial charge in [0.2, 0.25) is 0 Å². The number of H-pyrrole nitrogens is 2. The van der Waals surface area contributed by atoms with Crippen molar-refractivity contribution in [2.45, 2.75) is 59.4 Å². The summed E-state index contributed by atoms with van der Waals surface area (Å²) in [5, 5.41) is 16.9. The van der Waals surface area contributed by atoms with Crippen molar-refractivity contribution in [1.29, 1.82) is 0 Å². The van der Waals surface area contributed by atoms with Crippen LogP contribution in [0.1, 0.15) is 61.8 Å². The number of nitrogens with one attached hydrogen (secondary N) is 4. The number of fused-ring (bicyclic) bond motifs is 1. The molecule has 0 bridgehead atoms. The van der Waals surface area contributed by atoms with Crippen LogP contribution in [0.15, 0.2) is 37.1 Å². The molecule has 10 heteroatoms. The molecular weight excluding hydrogens is 450 g/mol. The lowest BCUT2D eigenvalue weighted by molar-refractivity contribution is 0.0911. The van der Waals surface area contributed by atoms with E-state index in [4.69, 9.17) is 4.98 Å². The fourth-order valence-corrected chi connectivity index (χ4v) is 4.36. The third-order valence-electron chi connectivity index (χ3n) is 5.94. The van der Waals surface area contributed by atoms with Crippen LogP contribution in [-0.2, 0) is 6.42 Å². The number of carbonyl (C=O) groups is 1. The fraction of sp³-hybridized carbons (Fsp3) is 0.417. The van der Waals surface area contributed by atoms with E-state index in [1.165, 1.54) is 11.3 Å². The zero-order valence-corrected chi connectivity index (χ0v) is 20.8. The van der Waals surface area contributed by atoms with Crippen LogP contribution in [0, 0.1) is 5.41 Å². The number of hydrogen-bond donors (Lipinski definition) is 5. The molecule has 1 amide bonds. The maximum Gasteiger partial charge on any atom is 0.255 e. The Balaban J connectivity index is 1.50. The Morgan fingerprint density at radius 3 is 2.71 bits per heavy atom. The largest absolute Gasteiger partial charge is 0.373 e. The maximum atomic E-state index is 12.9. The van der Waals surface area contributed by atoms with E-state index in [-0.39, 0.29) is 23.4 Å². The number of hydrogen-bond acceptors (Lipinski definition) is 7. The molecule has 180 valence electrons. The minimum absolute atomic E-state index is 0.00871. The Morgan fingerprint density at radius 2 is 2.00 bits per heavy atom. The van der Waals surface area contributed by atoms with Gasteiger partial charge in [0.15, 0.2) is 5.65 Å². The number of thiophene rings is 1. The monoisotopic (exact) mass is 481 g/mol. The molecule has 0 aliphatic carbocycles. The molecule has 4 rings (SSSR count). The van der Waals surface area contributed by atoms with E-state index < -0.39 is 6.23 Å². The summed E-state index contributed by atoms with van der Waals surface area (Å²) in [6.07, 6.45) is 6.67. The summed E-state index contributed by atoms with van der Waals surface area (Å²) in [6, 6.07) is 3.83. The zero-order chi connectivity index (χ0) is 24.5. The summed E-state index contributed by atoms with van der Waals surface area (Å²) in [7, 11) is 0. The molecule has 4 aromatic heterocycles. The highest BCUT2D eigenvalue weighted by molar-refractivity contribution is 7.15.